The van der Waals surface area contributed by atoms with Gasteiger partial charge in [0.15, 0.2) is 0 Å². The molecule has 1 rings (SSSR count). The highest BCUT2D eigenvalue weighted by Gasteiger charge is 2.02. The first-order chi connectivity index (χ1) is 7.70. The summed E-state index contributed by atoms with van der Waals surface area (Å²) < 4.78 is 10.4. The van der Waals surface area contributed by atoms with Gasteiger partial charge in [0.05, 0.1) is 18.8 Å². The van der Waals surface area contributed by atoms with E-state index in [-0.39, 0.29) is 12.2 Å². The summed E-state index contributed by atoms with van der Waals surface area (Å²) in [5.74, 6) is -0.271. The van der Waals surface area contributed by atoms with Gasteiger partial charge in [0.2, 0.25) is 0 Å². The molecule has 1 aromatic carbocycles. The van der Waals surface area contributed by atoms with E-state index in [4.69, 9.17) is 14.6 Å². The number of aliphatic carboxylic acids is 1. The zero-order valence-electron chi connectivity index (χ0n) is 8.89. The molecule has 0 bridgehead atoms. The van der Waals surface area contributed by atoms with Crippen molar-refractivity contribution in [1.82, 2.24) is 0 Å². The summed E-state index contributed by atoms with van der Waals surface area (Å²) in [6.45, 7) is 4.09. The number of carboxylic acid groups (broad SMARTS) is 1. The van der Waals surface area contributed by atoms with Crippen LogP contribution in [0.1, 0.15) is 0 Å². The minimum absolute atomic E-state index is 0.0213. The lowest BCUT2D eigenvalue weighted by atomic mass is 10.3. The first kappa shape index (κ1) is 12.3. The average Bonchev–Trinajstić information content (AvgIpc) is 2.29. The second kappa shape index (κ2) is 6.63. The lowest BCUT2D eigenvalue weighted by Crippen LogP contribution is -2.11. The van der Waals surface area contributed by atoms with Gasteiger partial charge in [0, 0.05) is 0 Å². The Bertz CT molecular complexity index is 345. The molecule has 0 heterocycles. The van der Waals surface area contributed by atoms with Gasteiger partial charge in [-0.3, -0.25) is 0 Å². The molecule has 0 saturated heterocycles. The maximum atomic E-state index is 10.4. The van der Waals surface area contributed by atoms with Crippen LogP contribution in [-0.2, 0) is 9.53 Å². The van der Waals surface area contributed by atoms with Crippen LogP contribution >= 0.6 is 0 Å². The molecule has 86 valence electrons. The first-order valence-corrected chi connectivity index (χ1v) is 4.87. The molecule has 0 radical (unpaired) electrons. The molecule has 1 aromatic rings. The van der Waals surface area contributed by atoms with E-state index in [1.807, 2.05) is 30.3 Å². The third kappa shape index (κ3) is 4.61. The van der Waals surface area contributed by atoms with Crippen LogP contribution in [0.4, 0.5) is 0 Å². The van der Waals surface area contributed by atoms with Gasteiger partial charge in [-0.15, -0.1) is 0 Å². The van der Waals surface area contributed by atoms with Crippen LogP contribution in [-0.4, -0.2) is 30.9 Å². The fourth-order valence-electron chi connectivity index (χ4n) is 0.992. The van der Waals surface area contributed by atoms with Crippen LogP contribution in [0.3, 0.4) is 0 Å². The summed E-state index contributed by atoms with van der Waals surface area (Å²) in [4.78, 5) is 10.4. The topological polar surface area (TPSA) is 55.8 Å². The number of rotatable bonds is 7. The number of benzene rings is 1. The molecule has 0 atom stereocenters. The van der Waals surface area contributed by atoms with E-state index >= 15 is 0 Å². The smallest absolute Gasteiger partial charge is 0.333 e. The Labute approximate surface area is 94.1 Å². The van der Waals surface area contributed by atoms with Crippen molar-refractivity contribution in [2.75, 3.05) is 19.8 Å². The summed E-state index contributed by atoms with van der Waals surface area (Å²) in [6, 6.07) is 9.34. The van der Waals surface area contributed by atoms with Crippen molar-refractivity contribution in [3.8, 4) is 5.75 Å². The molecule has 0 aromatic heterocycles. The molecule has 0 saturated carbocycles. The quantitative estimate of drug-likeness (QED) is 0.563. The van der Waals surface area contributed by atoms with E-state index in [9.17, 15) is 4.79 Å². The Balaban J connectivity index is 2.09. The molecule has 0 fully saturated rings. The van der Waals surface area contributed by atoms with Gasteiger partial charge < -0.3 is 14.6 Å². The van der Waals surface area contributed by atoms with Gasteiger partial charge >= 0.3 is 5.97 Å². The third-order valence-corrected chi connectivity index (χ3v) is 1.82. The molecule has 0 aliphatic heterocycles. The monoisotopic (exact) mass is 222 g/mol. The van der Waals surface area contributed by atoms with E-state index in [0.29, 0.717) is 13.2 Å². The highest BCUT2D eigenvalue weighted by molar-refractivity contribution is 5.85. The Hall–Kier alpha value is -1.81. The molecule has 0 spiro atoms. The second-order valence-corrected chi connectivity index (χ2v) is 3.12. The molecule has 4 nitrogen and oxygen atoms in total. The number of carboxylic acids is 1. The number of para-hydroxylation sites is 1. The minimum Gasteiger partial charge on any atom is -0.491 e. The highest BCUT2D eigenvalue weighted by Crippen LogP contribution is 2.07. The van der Waals surface area contributed by atoms with Gasteiger partial charge in [-0.25, -0.2) is 4.79 Å². The predicted molar refractivity (Wildman–Crippen MR) is 59.5 cm³/mol. The first-order valence-electron chi connectivity index (χ1n) is 4.87. The van der Waals surface area contributed by atoms with Gasteiger partial charge in [-0.05, 0) is 12.1 Å². The molecular formula is C12H14O4. The number of hydrogen-bond donors (Lipinski definition) is 1. The van der Waals surface area contributed by atoms with Gasteiger partial charge in [-0.1, -0.05) is 24.8 Å². The van der Waals surface area contributed by atoms with Crippen molar-refractivity contribution in [2.45, 2.75) is 0 Å². The lowest BCUT2D eigenvalue weighted by molar-refractivity contribution is -0.133. The maximum Gasteiger partial charge on any atom is 0.333 e. The van der Waals surface area contributed by atoms with Gasteiger partial charge in [0.25, 0.3) is 0 Å². The van der Waals surface area contributed by atoms with Crippen LogP contribution in [0, 0.1) is 0 Å². The zero-order chi connectivity index (χ0) is 11.8. The summed E-state index contributed by atoms with van der Waals surface area (Å²) in [5.41, 5.74) is 0.0414. The van der Waals surface area contributed by atoms with Gasteiger partial charge in [-0.2, -0.15) is 0 Å². The third-order valence-electron chi connectivity index (χ3n) is 1.82. The summed E-state index contributed by atoms with van der Waals surface area (Å²) in [6.07, 6.45) is 0. The van der Waals surface area contributed by atoms with E-state index < -0.39 is 5.97 Å². The molecule has 0 aliphatic carbocycles. The van der Waals surface area contributed by atoms with Crippen LogP contribution in [0.15, 0.2) is 42.5 Å². The standard InChI is InChI=1S/C12H14O4/c1-10(12(13)14)9-15-7-8-16-11-5-3-2-4-6-11/h2-6H,1,7-9H2,(H,13,14). The van der Waals surface area contributed by atoms with Crippen molar-refractivity contribution in [3.05, 3.63) is 42.5 Å². The van der Waals surface area contributed by atoms with Crippen LogP contribution in [0.2, 0.25) is 0 Å². The fraction of sp³-hybridized carbons (Fsp3) is 0.250. The predicted octanol–water partition coefficient (Wildman–Crippen LogP) is 1.72. The molecule has 1 N–H and O–H groups in total. The number of carbonyl (C=O) groups is 1. The Morgan fingerprint density at radius 1 is 1.25 bits per heavy atom. The SMILES string of the molecule is C=C(COCCOc1ccccc1)C(=O)O. The number of hydrogen-bond acceptors (Lipinski definition) is 3. The molecule has 4 heteroatoms. The molecular weight excluding hydrogens is 208 g/mol. The Morgan fingerprint density at radius 2 is 1.94 bits per heavy atom. The number of ether oxygens (including phenoxy) is 2. The normalized spacial score (nSPS) is 9.75. The summed E-state index contributed by atoms with van der Waals surface area (Å²) in [7, 11) is 0. The van der Waals surface area contributed by atoms with Crippen molar-refractivity contribution in [3.63, 3.8) is 0 Å². The molecule has 0 unspecified atom stereocenters. The van der Waals surface area contributed by atoms with Crippen LogP contribution in [0.25, 0.3) is 0 Å². The van der Waals surface area contributed by atoms with Crippen LogP contribution in [0.5, 0.6) is 5.75 Å². The summed E-state index contributed by atoms with van der Waals surface area (Å²) in [5, 5.41) is 8.51. The maximum absolute atomic E-state index is 10.4. The van der Waals surface area contributed by atoms with Crippen molar-refractivity contribution < 1.29 is 19.4 Å². The van der Waals surface area contributed by atoms with Crippen LogP contribution < -0.4 is 4.74 Å². The molecule has 16 heavy (non-hydrogen) atoms. The average molecular weight is 222 g/mol. The van der Waals surface area contributed by atoms with E-state index in [1.165, 1.54) is 0 Å². The molecule has 0 amide bonds. The largest absolute Gasteiger partial charge is 0.491 e. The molecule has 0 aliphatic rings. The van der Waals surface area contributed by atoms with Gasteiger partial charge in [0.1, 0.15) is 12.4 Å². The Kier molecular flexibility index (Phi) is 5.08. The minimum atomic E-state index is -1.04. The second-order valence-electron chi connectivity index (χ2n) is 3.12. The van der Waals surface area contributed by atoms with Crippen molar-refractivity contribution in [2.24, 2.45) is 0 Å². The zero-order valence-corrected chi connectivity index (χ0v) is 8.89. The summed E-state index contributed by atoms with van der Waals surface area (Å²) >= 11 is 0. The lowest BCUT2D eigenvalue weighted by Gasteiger charge is -2.06. The van der Waals surface area contributed by atoms with E-state index in [2.05, 4.69) is 6.58 Å². The van der Waals surface area contributed by atoms with E-state index in [1.54, 1.807) is 0 Å². The van der Waals surface area contributed by atoms with Crippen molar-refractivity contribution in [1.29, 1.82) is 0 Å². The fourth-order valence-corrected chi connectivity index (χ4v) is 0.992. The highest BCUT2D eigenvalue weighted by atomic mass is 16.5. The van der Waals surface area contributed by atoms with E-state index in [0.717, 1.165) is 5.75 Å². The van der Waals surface area contributed by atoms with Crippen molar-refractivity contribution >= 4 is 5.97 Å². The Morgan fingerprint density at radius 3 is 2.56 bits per heavy atom.